The predicted molar refractivity (Wildman–Crippen MR) is 90.3 cm³/mol. The molecule has 1 aromatic heterocycles. The van der Waals surface area contributed by atoms with Crippen LogP contribution in [0.25, 0.3) is 0 Å². The molecule has 1 unspecified atom stereocenters. The van der Waals surface area contributed by atoms with Crippen LogP contribution in [0, 0.1) is 22.8 Å². The summed E-state index contributed by atoms with van der Waals surface area (Å²) in [6, 6.07) is 13.0. The van der Waals surface area contributed by atoms with Gasteiger partial charge in [-0.05, 0) is 29.8 Å². The maximum atomic E-state index is 13.0. The molecular weight excluding hydrogens is 316 g/mol. The molecule has 2 aromatic rings. The molecule has 1 spiro atoms. The van der Waals surface area contributed by atoms with Crippen LogP contribution in [0.2, 0.25) is 0 Å². The van der Waals surface area contributed by atoms with Crippen LogP contribution in [0.3, 0.4) is 0 Å². The Morgan fingerprint density at radius 3 is 2.96 bits per heavy atom. The number of nitriles is 2. The summed E-state index contributed by atoms with van der Waals surface area (Å²) < 4.78 is 0. The second-order valence-corrected chi connectivity index (χ2v) is 6.16. The first-order valence-corrected chi connectivity index (χ1v) is 7.87. The van der Waals surface area contributed by atoms with E-state index < -0.39 is 5.54 Å². The van der Waals surface area contributed by atoms with Crippen LogP contribution in [-0.4, -0.2) is 34.4 Å². The number of nitrogens with zero attached hydrogens (tertiary/aromatic N) is 4. The summed E-state index contributed by atoms with van der Waals surface area (Å²) in [7, 11) is 0. The summed E-state index contributed by atoms with van der Waals surface area (Å²) in [6.07, 6.45) is 3.62. The maximum Gasteiger partial charge on any atom is 0.263 e. The fourth-order valence-corrected chi connectivity index (χ4v) is 3.59. The standard InChI is InChI=1S/C18H14N6O/c19-8-12-3-1-4-13(7-12)14-9-24(11-20)17(25)18(14)10-22-15-5-2-6-21-16(15)23-18/h1-7,14,22H,9-10H2,(H,21,23)/t14?,18-/m1/s1. The molecule has 7 nitrogen and oxygen atoms in total. The van der Waals surface area contributed by atoms with E-state index in [1.165, 1.54) is 4.90 Å². The van der Waals surface area contributed by atoms with Gasteiger partial charge in [-0.3, -0.25) is 4.79 Å². The third-order valence-electron chi connectivity index (χ3n) is 4.83. The van der Waals surface area contributed by atoms with Crippen molar-refractivity contribution in [3.05, 3.63) is 53.7 Å². The van der Waals surface area contributed by atoms with Crippen LogP contribution in [0.5, 0.6) is 0 Å². The third kappa shape index (κ3) is 2.18. The molecule has 4 rings (SSSR count). The average Bonchev–Trinajstić information content (AvgIpc) is 2.93. The van der Waals surface area contributed by atoms with Crippen molar-refractivity contribution in [2.45, 2.75) is 11.5 Å². The molecule has 0 bridgehead atoms. The van der Waals surface area contributed by atoms with Gasteiger partial charge in [-0.25, -0.2) is 9.88 Å². The summed E-state index contributed by atoms with van der Waals surface area (Å²) in [5.41, 5.74) is 1.18. The Morgan fingerprint density at radius 2 is 2.16 bits per heavy atom. The van der Waals surface area contributed by atoms with Gasteiger partial charge in [0.1, 0.15) is 11.4 Å². The van der Waals surface area contributed by atoms with E-state index in [9.17, 15) is 10.1 Å². The predicted octanol–water partition coefficient (Wildman–Crippen LogP) is 1.64. The molecule has 1 fully saturated rings. The first-order valence-electron chi connectivity index (χ1n) is 7.87. The Bertz CT molecular complexity index is 943. The zero-order valence-corrected chi connectivity index (χ0v) is 13.2. The molecular formula is C18H14N6O. The van der Waals surface area contributed by atoms with Crippen LogP contribution in [0.1, 0.15) is 17.0 Å². The quantitative estimate of drug-likeness (QED) is 0.770. The van der Waals surface area contributed by atoms with Gasteiger partial charge in [-0.15, -0.1) is 0 Å². The van der Waals surface area contributed by atoms with E-state index in [2.05, 4.69) is 21.7 Å². The number of pyridine rings is 1. The third-order valence-corrected chi connectivity index (χ3v) is 4.83. The van der Waals surface area contributed by atoms with Crippen LogP contribution < -0.4 is 10.6 Å². The fraction of sp³-hybridized carbons (Fsp3) is 0.222. The van der Waals surface area contributed by atoms with Crippen LogP contribution >= 0.6 is 0 Å². The van der Waals surface area contributed by atoms with E-state index in [1.807, 2.05) is 24.4 Å². The molecule has 0 radical (unpaired) electrons. The van der Waals surface area contributed by atoms with Crippen molar-refractivity contribution < 1.29 is 4.79 Å². The molecule has 2 aliphatic heterocycles. The minimum absolute atomic E-state index is 0.265. The molecule has 0 saturated carbocycles. The van der Waals surface area contributed by atoms with Gasteiger partial charge in [0, 0.05) is 25.2 Å². The number of likely N-dealkylation sites (tertiary alicyclic amines) is 1. The Balaban J connectivity index is 1.82. The molecule has 2 atom stereocenters. The number of amides is 1. The van der Waals surface area contributed by atoms with Crippen molar-refractivity contribution in [2.75, 3.05) is 23.7 Å². The van der Waals surface area contributed by atoms with E-state index in [0.29, 0.717) is 17.9 Å². The number of carbonyl (C=O) groups is 1. The number of aromatic nitrogens is 1. The lowest BCUT2D eigenvalue weighted by atomic mass is 9.80. The van der Waals surface area contributed by atoms with Gasteiger partial charge in [-0.1, -0.05) is 12.1 Å². The molecule has 1 amide bonds. The molecule has 25 heavy (non-hydrogen) atoms. The van der Waals surface area contributed by atoms with E-state index in [4.69, 9.17) is 5.26 Å². The monoisotopic (exact) mass is 330 g/mol. The lowest BCUT2D eigenvalue weighted by Crippen LogP contribution is -2.56. The minimum atomic E-state index is -1.01. The maximum absolute atomic E-state index is 13.0. The summed E-state index contributed by atoms with van der Waals surface area (Å²) in [4.78, 5) is 18.4. The number of benzene rings is 1. The SMILES string of the molecule is N#Cc1cccc(C2CN(C#N)C(=O)[C@@]23CNc2cccnc2N3)c1. The lowest BCUT2D eigenvalue weighted by molar-refractivity contribution is -0.128. The van der Waals surface area contributed by atoms with Crippen molar-refractivity contribution in [2.24, 2.45) is 0 Å². The second kappa shape index (κ2) is 5.50. The van der Waals surface area contributed by atoms with Crippen molar-refractivity contribution in [1.29, 1.82) is 10.5 Å². The molecule has 1 saturated heterocycles. The van der Waals surface area contributed by atoms with E-state index in [1.54, 1.807) is 24.4 Å². The number of anilines is 2. The van der Waals surface area contributed by atoms with E-state index in [0.717, 1.165) is 11.3 Å². The highest BCUT2D eigenvalue weighted by atomic mass is 16.2. The smallest absolute Gasteiger partial charge is 0.263 e. The summed E-state index contributed by atoms with van der Waals surface area (Å²) in [5.74, 6) is 0.0186. The Labute approximate surface area is 144 Å². The number of carbonyl (C=O) groups excluding carboxylic acids is 1. The number of hydrogen-bond acceptors (Lipinski definition) is 6. The van der Waals surface area contributed by atoms with Gasteiger partial charge in [0.05, 0.1) is 17.3 Å². The summed E-state index contributed by atoms with van der Waals surface area (Å²) in [5, 5.41) is 25.0. The molecule has 3 heterocycles. The van der Waals surface area contributed by atoms with Gasteiger partial charge in [0.2, 0.25) is 0 Å². The average molecular weight is 330 g/mol. The molecule has 7 heteroatoms. The normalized spacial score (nSPS) is 24.0. The number of nitrogens with one attached hydrogen (secondary N) is 2. The zero-order valence-electron chi connectivity index (χ0n) is 13.2. The highest BCUT2D eigenvalue weighted by Gasteiger charge is 2.56. The highest BCUT2D eigenvalue weighted by Crippen LogP contribution is 2.42. The van der Waals surface area contributed by atoms with Gasteiger partial charge < -0.3 is 10.6 Å². The van der Waals surface area contributed by atoms with Crippen molar-refractivity contribution in [3.63, 3.8) is 0 Å². The summed E-state index contributed by atoms with van der Waals surface area (Å²) in [6.45, 7) is 0.602. The van der Waals surface area contributed by atoms with Gasteiger partial charge in [-0.2, -0.15) is 10.5 Å². The molecule has 122 valence electrons. The topological polar surface area (TPSA) is 105 Å². The first-order chi connectivity index (χ1) is 12.2. The van der Waals surface area contributed by atoms with Crippen molar-refractivity contribution in [3.8, 4) is 12.3 Å². The van der Waals surface area contributed by atoms with E-state index >= 15 is 0 Å². The Kier molecular flexibility index (Phi) is 3.29. The van der Waals surface area contributed by atoms with Crippen molar-refractivity contribution in [1.82, 2.24) is 9.88 Å². The van der Waals surface area contributed by atoms with Crippen LogP contribution in [0.15, 0.2) is 42.6 Å². The summed E-state index contributed by atoms with van der Waals surface area (Å²) >= 11 is 0. The van der Waals surface area contributed by atoms with E-state index in [-0.39, 0.29) is 18.4 Å². The van der Waals surface area contributed by atoms with Crippen LogP contribution in [-0.2, 0) is 4.79 Å². The van der Waals surface area contributed by atoms with Gasteiger partial charge in [0.25, 0.3) is 5.91 Å². The molecule has 2 N–H and O–H groups in total. The molecule has 0 aliphatic carbocycles. The molecule has 2 aliphatic rings. The second-order valence-electron chi connectivity index (χ2n) is 6.16. The number of rotatable bonds is 1. The van der Waals surface area contributed by atoms with Gasteiger partial charge >= 0.3 is 0 Å². The zero-order chi connectivity index (χ0) is 17.4. The Morgan fingerprint density at radius 1 is 1.28 bits per heavy atom. The fourth-order valence-electron chi connectivity index (χ4n) is 3.59. The molecule has 1 aromatic carbocycles. The minimum Gasteiger partial charge on any atom is -0.379 e. The largest absolute Gasteiger partial charge is 0.379 e. The Hall–Kier alpha value is -3.58. The first kappa shape index (κ1) is 15.0. The number of fused-ring (bicyclic) bond motifs is 1. The van der Waals surface area contributed by atoms with Crippen LogP contribution in [0.4, 0.5) is 11.5 Å². The van der Waals surface area contributed by atoms with Gasteiger partial charge in [0.15, 0.2) is 6.19 Å². The lowest BCUT2D eigenvalue weighted by Gasteiger charge is -2.38. The highest BCUT2D eigenvalue weighted by molar-refractivity contribution is 5.97. The number of hydrogen-bond donors (Lipinski definition) is 2. The van der Waals surface area contributed by atoms with Crippen molar-refractivity contribution >= 4 is 17.4 Å².